The van der Waals surface area contributed by atoms with Gasteiger partial charge in [0.2, 0.25) is 0 Å². The maximum atomic E-state index is 12.8. The van der Waals surface area contributed by atoms with E-state index in [2.05, 4.69) is 32.8 Å². The third-order valence-electron chi connectivity index (χ3n) is 5.89. The molecular formula is C20H22O2. The molecule has 22 heavy (non-hydrogen) atoms. The highest BCUT2D eigenvalue weighted by atomic mass is 16.5. The van der Waals surface area contributed by atoms with E-state index in [4.69, 9.17) is 11.2 Å². The normalized spacial score (nSPS) is 30.5. The van der Waals surface area contributed by atoms with Gasteiger partial charge in [-0.15, -0.1) is 6.42 Å². The van der Waals surface area contributed by atoms with Crippen LogP contribution >= 0.6 is 0 Å². The lowest BCUT2D eigenvalue weighted by Gasteiger charge is -2.31. The molecular weight excluding hydrogens is 272 g/mol. The molecule has 0 spiro atoms. The van der Waals surface area contributed by atoms with Gasteiger partial charge in [-0.25, -0.2) is 0 Å². The fraction of sp³-hybridized carbons (Fsp3) is 0.450. The summed E-state index contributed by atoms with van der Waals surface area (Å²) in [5.74, 6) is 3.92. The summed E-state index contributed by atoms with van der Waals surface area (Å²) < 4.78 is 5.38. The van der Waals surface area contributed by atoms with Crippen molar-refractivity contribution in [2.75, 3.05) is 6.61 Å². The van der Waals surface area contributed by atoms with Crippen molar-refractivity contribution in [1.29, 1.82) is 0 Å². The highest BCUT2D eigenvalue weighted by molar-refractivity contribution is 6.07. The second-order valence-corrected chi connectivity index (χ2v) is 7.14. The predicted octanol–water partition coefficient (Wildman–Crippen LogP) is 4.11. The van der Waals surface area contributed by atoms with Crippen LogP contribution in [0, 0.1) is 29.1 Å². The molecule has 2 aliphatic carbocycles. The molecule has 0 N–H and O–H groups in total. The Kier molecular flexibility index (Phi) is 3.40. The standard InChI is InChI=1S/C20H22O2/c1-5-12-22-15-8-6-14(7-9-15)13-16-17-10-11-20(4,18(16)21)19(17,2)3/h1,6-9,13,17H,10-12H2,2-4H3/b16-13+. The van der Waals surface area contributed by atoms with Crippen molar-refractivity contribution < 1.29 is 9.53 Å². The van der Waals surface area contributed by atoms with Gasteiger partial charge in [0.05, 0.1) is 0 Å². The highest BCUT2D eigenvalue weighted by Gasteiger charge is 2.63. The summed E-state index contributed by atoms with van der Waals surface area (Å²) in [7, 11) is 0. The van der Waals surface area contributed by atoms with Gasteiger partial charge in [-0.05, 0) is 53.5 Å². The first kappa shape index (κ1) is 14.9. The number of allylic oxidation sites excluding steroid dienone is 1. The van der Waals surface area contributed by atoms with Gasteiger partial charge in [-0.1, -0.05) is 38.8 Å². The van der Waals surface area contributed by atoms with Crippen molar-refractivity contribution in [2.24, 2.45) is 16.7 Å². The summed E-state index contributed by atoms with van der Waals surface area (Å²) in [6.45, 7) is 6.88. The largest absolute Gasteiger partial charge is 0.481 e. The number of rotatable bonds is 3. The number of hydrogen-bond donors (Lipinski definition) is 0. The molecule has 2 unspecified atom stereocenters. The predicted molar refractivity (Wildman–Crippen MR) is 88.4 cm³/mol. The molecule has 114 valence electrons. The lowest BCUT2D eigenvalue weighted by Crippen LogP contribution is -2.32. The summed E-state index contributed by atoms with van der Waals surface area (Å²) in [5.41, 5.74) is 1.91. The fourth-order valence-corrected chi connectivity index (χ4v) is 4.06. The van der Waals surface area contributed by atoms with Crippen LogP contribution in [0.15, 0.2) is 29.8 Å². The molecule has 0 amide bonds. The van der Waals surface area contributed by atoms with Crippen LogP contribution in [0.25, 0.3) is 6.08 Å². The molecule has 2 fully saturated rings. The van der Waals surface area contributed by atoms with Crippen LogP contribution in [0.1, 0.15) is 39.2 Å². The van der Waals surface area contributed by atoms with Gasteiger partial charge in [0.15, 0.2) is 5.78 Å². The molecule has 0 heterocycles. The van der Waals surface area contributed by atoms with E-state index in [0.717, 1.165) is 29.7 Å². The minimum atomic E-state index is -0.195. The lowest BCUT2D eigenvalue weighted by molar-refractivity contribution is -0.125. The Labute approximate surface area is 132 Å². The summed E-state index contributed by atoms with van der Waals surface area (Å²) in [4.78, 5) is 12.8. The zero-order valence-electron chi connectivity index (χ0n) is 13.5. The minimum absolute atomic E-state index is 0.0613. The van der Waals surface area contributed by atoms with Crippen LogP contribution in [0.3, 0.4) is 0 Å². The Bertz CT molecular complexity index is 673. The minimum Gasteiger partial charge on any atom is -0.481 e. The second-order valence-electron chi connectivity index (χ2n) is 7.14. The second kappa shape index (κ2) is 5.02. The number of ether oxygens (including phenoxy) is 1. The van der Waals surface area contributed by atoms with E-state index < -0.39 is 0 Å². The van der Waals surface area contributed by atoms with Crippen molar-refractivity contribution in [2.45, 2.75) is 33.6 Å². The van der Waals surface area contributed by atoms with Crippen molar-refractivity contribution in [3.8, 4) is 18.1 Å². The van der Waals surface area contributed by atoms with Gasteiger partial charge in [-0.2, -0.15) is 0 Å². The first-order valence-corrected chi connectivity index (χ1v) is 7.83. The first-order valence-electron chi connectivity index (χ1n) is 7.83. The molecule has 1 aromatic rings. The van der Waals surface area contributed by atoms with Crippen LogP contribution in [0.5, 0.6) is 5.75 Å². The summed E-state index contributed by atoms with van der Waals surface area (Å²) in [5, 5.41) is 0. The summed E-state index contributed by atoms with van der Waals surface area (Å²) >= 11 is 0. The monoisotopic (exact) mass is 294 g/mol. The van der Waals surface area contributed by atoms with E-state index in [1.165, 1.54) is 0 Å². The van der Waals surface area contributed by atoms with Gasteiger partial charge < -0.3 is 4.74 Å². The van der Waals surface area contributed by atoms with Crippen molar-refractivity contribution in [1.82, 2.24) is 0 Å². The Balaban J connectivity index is 1.88. The molecule has 0 radical (unpaired) electrons. The molecule has 0 saturated heterocycles. The van der Waals surface area contributed by atoms with E-state index >= 15 is 0 Å². The number of carbonyl (C=O) groups excluding carboxylic acids is 1. The molecule has 2 saturated carbocycles. The van der Waals surface area contributed by atoms with Crippen molar-refractivity contribution >= 4 is 11.9 Å². The van der Waals surface area contributed by atoms with E-state index in [0.29, 0.717) is 11.7 Å². The van der Waals surface area contributed by atoms with E-state index in [9.17, 15) is 4.79 Å². The number of hydrogen-bond acceptors (Lipinski definition) is 2. The molecule has 0 aromatic heterocycles. The number of ketones is 1. The third-order valence-corrected chi connectivity index (χ3v) is 5.89. The average Bonchev–Trinajstić information content (AvgIpc) is 2.81. The lowest BCUT2D eigenvalue weighted by atomic mass is 9.70. The first-order chi connectivity index (χ1) is 10.4. The number of terminal acetylenes is 1. The highest BCUT2D eigenvalue weighted by Crippen LogP contribution is 2.65. The molecule has 2 atom stereocenters. The van der Waals surface area contributed by atoms with Gasteiger partial charge in [0, 0.05) is 5.41 Å². The van der Waals surface area contributed by atoms with Gasteiger partial charge in [0.1, 0.15) is 12.4 Å². The fourth-order valence-electron chi connectivity index (χ4n) is 4.06. The summed E-state index contributed by atoms with van der Waals surface area (Å²) in [6.07, 6.45) is 9.37. The third kappa shape index (κ3) is 2.00. The van der Waals surface area contributed by atoms with Crippen LogP contribution in [-0.2, 0) is 4.79 Å². The number of benzene rings is 1. The zero-order valence-corrected chi connectivity index (χ0v) is 13.5. The number of carbonyl (C=O) groups is 1. The van der Waals surface area contributed by atoms with E-state index in [1.54, 1.807) is 0 Å². The molecule has 1 aromatic carbocycles. The molecule has 2 nitrogen and oxygen atoms in total. The molecule has 0 aliphatic heterocycles. The maximum Gasteiger partial charge on any atom is 0.165 e. The van der Waals surface area contributed by atoms with Crippen LogP contribution in [-0.4, -0.2) is 12.4 Å². The quantitative estimate of drug-likeness (QED) is 0.619. The Hall–Kier alpha value is -2.01. The SMILES string of the molecule is C#CCOc1ccc(/C=C2/C(=O)C3(C)CCC2C3(C)C)cc1. The Morgan fingerprint density at radius 2 is 2.00 bits per heavy atom. The number of Topliss-reactive ketones (excluding diaryl/α,β-unsaturated/α-hetero) is 1. The van der Waals surface area contributed by atoms with Gasteiger partial charge in [0.25, 0.3) is 0 Å². The number of fused-ring (bicyclic) bond motifs is 2. The molecule has 3 rings (SSSR count). The van der Waals surface area contributed by atoms with Gasteiger partial charge >= 0.3 is 0 Å². The summed E-state index contributed by atoms with van der Waals surface area (Å²) in [6, 6.07) is 7.75. The smallest absolute Gasteiger partial charge is 0.165 e. The van der Waals surface area contributed by atoms with Gasteiger partial charge in [-0.3, -0.25) is 4.79 Å². The topological polar surface area (TPSA) is 26.3 Å². The van der Waals surface area contributed by atoms with Crippen LogP contribution in [0.2, 0.25) is 0 Å². The van der Waals surface area contributed by atoms with Crippen LogP contribution in [0.4, 0.5) is 0 Å². The van der Waals surface area contributed by atoms with Crippen LogP contribution < -0.4 is 4.74 Å². The van der Waals surface area contributed by atoms with Crippen molar-refractivity contribution in [3.63, 3.8) is 0 Å². The van der Waals surface area contributed by atoms with Crippen molar-refractivity contribution in [3.05, 3.63) is 35.4 Å². The Morgan fingerprint density at radius 1 is 1.32 bits per heavy atom. The zero-order chi connectivity index (χ0) is 16.0. The molecule has 2 heteroatoms. The van der Waals surface area contributed by atoms with E-state index in [-0.39, 0.29) is 17.4 Å². The van der Waals surface area contributed by atoms with E-state index in [1.807, 2.05) is 24.3 Å². The maximum absolute atomic E-state index is 12.8. The average molecular weight is 294 g/mol. The molecule has 2 bridgehead atoms. The Morgan fingerprint density at radius 3 is 2.55 bits per heavy atom. The molecule has 2 aliphatic rings.